The van der Waals surface area contributed by atoms with Crippen molar-refractivity contribution in [2.24, 2.45) is 21.5 Å². The fraction of sp³-hybridized carbons (Fsp3) is 0.176. The summed E-state index contributed by atoms with van der Waals surface area (Å²) in [6.45, 7) is 0. The van der Waals surface area contributed by atoms with Gasteiger partial charge in [-0.2, -0.15) is 4.99 Å². The summed E-state index contributed by atoms with van der Waals surface area (Å²) < 4.78 is 10.6. The molecule has 1 atom stereocenters. The first-order chi connectivity index (χ1) is 11.6. The highest BCUT2D eigenvalue weighted by Crippen LogP contribution is 2.36. The van der Waals surface area contributed by atoms with Crippen LogP contribution in [0.25, 0.3) is 0 Å². The number of methoxy groups -OCH3 is 2. The smallest absolute Gasteiger partial charge is 0.221 e. The topological polar surface area (TPSA) is 98.5 Å². The van der Waals surface area contributed by atoms with Crippen LogP contribution in [0.1, 0.15) is 11.7 Å². The lowest BCUT2D eigenvalue weighted by Gasteiger charge is -2.33. The lowest BCUT2D eigenvalue weighted by molar-refractivity contribution is 0.413. The Balaban J connectivity index is 0.00000225. The number of halogens is 1. The maximum Gasteiger partial charge on any atom is 0.221 e. The van der Waals surface area contributed by atoms with Crippen molar-refractivity contribution < 1.29 is 9.47 Å². The van der Waals surface area contributed by atoms with E-state index in [2.05, 4.69) is 9.98 Å². The van der Waals surface area contributed by atoms with Crippen LogP contribution >= 0.6 is 12.4 Å². The van der Waals surface area contributed by atoms with E-state index in [1.807, 2.05) is 48.5 Å². The monoisotopic (exact) mass is 361 g/mol. The Labute approximate surface area is 152 Å². The molecule has 4 N–H and O–H groups in total. The molecule has 7 nitrogen and oxygen atoms in total. The maximum atomic E-state index is 6.14. The first kappa shape index (κ1) is 18.4. The van der Waals surface area contributed by atoms with Crippen LogP contribution in [0.4, 0.5) is 5.69 Å². The molecule has 8 heteroatoms. The molecule has 0 aliphatic carbocycles. The van der Waals surface area contributed by atoms with E-state index in [0.717, 1.165) is 17.0 Å². The molecular weight excluding hydrogens is 342 g/mol. The molecule has 1 heterocycles. The van der Waals surface area contributed by atoms with Crippen molar-refractivity contribution >= 4 is 30.0 Å². The minimum Gasteiger partial charge on any atom is -0.497 e. The zero-order chi connectivity index (χ0) is 17.1. The number of para-hydroxylation sites is 2. The summed E-state index contributed by atoms with van der Waals surface area (Å²) in [5.41, 5.74) is 13.6. The molecule has 1 aliphatic rings. The van der Waals surface area contributed by atoms with Gasteiger partial charge in [0, 0.05) is 0 Å². The summed E-state index contributed by atoms with van der Waals surface area (Å²) >= 11 is 0. The SMILES string of the molecule is COc1ccc(C2N=C(N)N=C(N)N2c2ccccc2OC)cc1.Cl. The van der Waals surface area contributed by atoms with Crippen LogP contribution in [0, 0.1) is 0 Å². The lowest BCUT2D eigenvalue weighted by atomic mass is 10.1. The van der Waals surface area contributed by atoms with Gasteiger partial charge in [0.25, 0.3) is 0 Å². The number of hydrogen-bond donors (Lipinski definition) is 2. The van der Waals surface area contributed by atoms with Crippen molar-refractivity contribution in [2.45, 2.75) is 6.17 Å². The molecule has 0 radical (unpaired) electrons. The van der Waals surface area contributed by atoms with Gasteiger partial charge in [0.1, 0.15) is 11.5 Å². The minimum absolute atomic E-state index is 0. The van der Waals surface area contributed by atoms with Crippen molar-refractivity contribution in [1.82, 2.24) is 0 Å². The van der Waals surface area contributed by atoms with E-state index >= 15 is 0 Å². The molecule has 3 rings (SSSR count). The van der Waals surface area contributed by atoms with Crippen molar-refractivity contribution in [3.63, 3.8) is 0 Å². The van der Waals surface area contributed by atoms with Crippen LogP contribution in [0.15, 0.2) is 58.5 Å². The van der Waals surface area contributed by atoms with E-state index in [0.29, 0.717) is 5.75 Å². The highest BCUT2D eigenvalue weighted by atomic mass is 35.5. The Kier molecular flexibility index (Phi) is 5.71. The molecule has 132 valence electrons. The summed E-state index contributed by atoms with van der Waals surface area (Å²) in [5.74, 6) is 1.83. The van der Waals surface area contributed by atoms with Crippen LogP contribution in [-0.2, 0) is 0 Å². The molecule has 0 aromatic heterocycles. The summed E-state index contributed by atoms with van der Waals surface area (Å²) in [6.07, 6.45) is -0.440. The van der Waals surface area contributed by atoms with Crippen LogP contribution < -0.4 is 25.8 Å². The summed E-state index contributed by atoms with van der Waals surface area (Å²) in [6, 6.07) is 15.1. The molecule has 0 spiro atoms. The molecule has 2 aromatic rings. The normalized spacial score (nSPS) is 16.4. The third kappa shape index (κ3) is 3.61. The number of anilines is 1. The van der Waals surface area contributed by atoms with E-state index in [9.17, 15) is 0 Å². The highest BCUT2D eigenvalue weighted by molar-refractivity contribution is 6.05. The zero-order valence-corrected chi connectivity index (χ0v) is 14.7. The molecule has 0 saturated carbocycles. The third-order valence-corrected chi connectivity index (χ3v) is 3.73. The number of guanidine groups is 2. The second-order valence-electron chi connectivity index (χ2n) is 5.15. The Hall–Kier alpha value is -2.93. The van der Waals surface area contributed by atoms with E-state index in [4.69, 9.17) is 20.9 Å². The lowest BCUT2D eigenvalue weighted by Crippen LogP contribution is -2.44. The van der Waals surface area contributed by atoms with E-state index in [1.165, 1.54) is 0 Å². The number of aliphatic imine (C=N–C) groups is 2. The molecule has 1 unspecified atom stereocenters. The number of rotatable bonds is 4. The average molecular weight is 362 g/mol. The Morgan fingerprint density at radius 1 is 0.960 bits per heavy atom. The van der Waals surface area contributed by atoms with Crippen molar-refractivity contribution in [1.29, 1.82) is 0 Å². The molecule has 1 aliphatic heterocycles. The largest absolute Gasteiger partial charge is 0.497 e. The van der Waals surface area contributed by atoms with Gasteiger partial charge >= 0.3 is 0 Å². The van der Waals surface area contributed by atoms with E-state index in [1.54, 1.807) is 19.1 Å². The van der Waals surface area contributed by atoms with Crippen molar-refractivity contribution in [3.05, 3.63) is 54.1 Å². The number of hydrogen-bond acceptors (Lipinski definition) is 7. The van der Waals surface area contributed by atoms with Gasteiger partial charge in [-0.05, 0) is 29.8 Å². The fourth-order valence-corrected chi connectivity index (χ4v) is 2.59. The molecule has 0 bridgehead atoms. The van der Waals surface area contributed by atoms with Crippen molar-refractivity contribution in [3.8, 4) is 11.5 Å². The summed E-state index contributed by atoms with van der Waals surface area (Å²) in [5, 5.41) is 0. The van der Waals surface area contributed by atoms with Crippen LogP contribution in [0.5, 0.6) is 11.5 Å². The Bertz CT molecular complexity index is 792. The third-order valence-electron chi connectivity index (χ3n) is 3.73. The first-order valence-electron chi connectivity index (χ1n) is 7.37. The minimum atomic E-state index is -0.440. The van der Waals surface area contributed by atoms with Gasteiger partial charge in [0.2, 0.25) is 11.9 Å². The van der Waals surface area contributed by atoms with Crippen LogP contribution in [0.3, 0.4) is 0 Å². The van der Waals surface area contributed by atoms with Crippen LogP contribution in [0.2, 0.25) is 0 Å². The Morgan fingerprint density at radius 2 is 1.64 bits per heavy atom. The van der Waals surface area contributed by atoms with Gasteiger partial charge in [-0.3, -0.25) is 4.90 Å². The quantitative estimate of drug-likeness (QED) is 0.870. The van der Waals surface area contributed by atoms with Gasteiger partial charge in [-0.1, -0.05) is 24.3 Å². The van der Waals surface area contributed by atoms with E-state index < -0.39 is 6.17 Å². The number of ether oxygens (including phenoxy) is 2. The summed E-state index contributed by atoms with van der Waals surface area (Å²) in [4.78, 5) is 10.3. The summed E-state index contributed by atoms with van der Waals surface area (Å²) in [7, 11) is 3.23. The molecule has 0 saturated heterocycles. The molecule has 25 heavy (non-hydrogen) atoms. The predicted molar refractivity (Wildman–Crippen MR) is 102 cm³/mol. The van der Waals surface area contributed by atoms with Gasteiger partial charge in [-0.25, -0.2) is 4.99 Å². The van der Waals surface area contributed by atoms with E-state index in [-0.39, 0.29) is 24.3 Å². The number of nitrogens with two attached hydrogens (primary N) is 2. The maximum absolute atomic E-state index is 6.14. The zero-order valence-electron chi connectivity index (χ0n) is 13.9. The first-order valence-corrected chi connectivity index (χ1v) is 7.37. The molecule has 2 aromatic carbocycles. The highest BCUT2D eigenvalue weighted by Gasteiger charge is 2.29. The predicted octanol–water partition coefficient (Wildman–Crippen LogP) is 2.27. The second kappa shape index (κ2) is 7.76. The molecule has 0 fully saturated rings. The van der Waals surface area contributed by atoms with Crippen molar-refractivity contribution in [2.75, 3.05) is 19.1 Å². The molecule has 0 amide bonds. The van der Waals surface area contributed by atoms with Crippen LogP contribution in [-0.4, -0.2) is 26.1 Å². The van der Waals surface area contributed by atoms with Gasteiger partial charge < -0.3 is 20.9 Å². The standard InChI is InChI=1S/C17H19N5O2.ClH/c1-23-12-9-7-11(8-10-12)15-20-16(18)21-17(19)22(15)13-5-3-4-6-14(13)24-2;/h3-10,15H,1-2H3,(H4,18,19,20,21);1H. The number of benzene rings is 2. The van der Waals surface area contributed by atoms with Gasteiger partial charge in [0.15, 0.2) is 6.17 Å². The van der Waals surface area contributed by atoms with Gasteiger partial charge in [0.05, 0.1) is 19.9 Å². The second-order valence-corrected chi connectivity index (χ2v) is 5.15. The average Bonchev–Trinajstić information content (AvgIpc) is 2.61. The Morgan fingerprint density at radius 3 is 2.28 bits per heavy atom. The fourth-order valence-electron chi connectivity index (χ4n) is 2.59. The molecular formula is C17H20ClN5O2. The number of nitrogens with zero attached hydrogens (tertiary/aromatic N) is 3. The van der Waals surface area contributed by atoms with Gasteiger partial charge in [-0.15, -0.1) is 12.4 Å².